The summed E-state index contributed by atoms with van der Waals surface area (Å²) in [7, 11) is 1.60. The molecule has 3 aliphatic heterocycles. The van der Waals surface area contributed by atoms with Gasteiger partial charge in [0.1, 0.15) is 11.9 Å². The van der Waals surface area contributed by atoms with E-state index in [1.165, 1.54) is 17.9 Å². The number of benzene rings is 1. The maximum absolute atomic E-state index is 14.1. The molecule has 0 saturated carbocycles. The van der Waals surface area contributed by atoms with Gasteiger partial charge in [-0.25, -0.2) is 4.98 Å². The lowest BCUT2D eigenvalue weighted by Crippen LogP contribution is -2.52. The van der Waals surface area contributed by atoms with Gasteiger partial charge in [-0.15, -0.1) is 0 Å². The fraction of sp³-hybridized carbons (Fsp3) is 0.353. The summed E-state index contributed by atoms with van der Waals surface area (Å²) in [5.74, 6) is -1.96. The summed E-state index contributed by atoms with van der Waals surface area (Å²) in [5, 5.41) is 9.39. The van der Waals surface area contributed by atoms with Crippen molar-refractivity contribution < 1.29 is 27.6 Å². The molecule has 0 unspecified atom stereocenters. The molecular formula is C34H32F3N7O3. The van der Waals surface area contributed by atoms with E-state index in [1.807, 2.05) is 25.1 Å². The molecule has 0 bridgehead atoms. The molecule has 242 valence electrons. The van der Waals surface area contributed by atoms with Gasteiger partial charge in [-0.3, -0.25) is 24.3 Å². The highest BCUT2D eigenvalue weighted by Crippen LogP contribution is 2.42. The lowest BCUT2D eigenvalue weighted by Gasteiger charge is -2.39. The molecule has 1 aromatic carbocycles. The summed E-state index contributed by atoms with van der Waals surface area (Å²) in [5.41, 5.74) is 3.68. The highest BCUT2D eigenvalue weighted by molar-refractivity contribution is 6.10. The van der Waals surface area contributed by atoms with E-state index in [-0.39, 0.29) is 43.4 Å². The maximum atomic E-state index is 14.1. The Morgan fingerprint density at radius 2 is 1.96 bits per heavy atom. The molecule has 1 saturated heterocycles. The Balaban J connectivity index is 1.40. The number of rotatable bonds is 5. The topological polar surface area (TPSA) is 114 Å². The summed E-state index contributed by atoms with van der Waals surface area (Å²) >= 11 is 0. The molecule has 3 aliphatic rings. The lowest BCUT2D eigenvalue weighted by molar-refractivity contribution is -0.137. The first-order chi connectivity index (χ1) is 22.3. The number of aromatic nitrogens is 2. The van der Waals surface area contributed by atoms with Crippen molar-refractivity contribution in [2.75, 3.05) is 28.3 Å². The van der Waals surface area contributed by atoms with Crippen molar-refractivity contribution in [3.05, 3.63) is 88.9 Å². The Labute approximate surface area is 269 Å². The van der Waals surface area contributed by atoms with Crippen LogP contribution < -0.4 is 14.7 Å². The molecule has 0 spiro atoms. The van der Waals surface area contributed by atoms with E-state index in [0.29, 0.717) is 17.9 Å². The van der Waals surface area contributed by atoms with Gasteiger partial charge in [0.15, 0.2) is 0 Å². The minimum absolute atomic E-state index is 0.0597. The van der Waals surface area contributed by atoms with Gasteiger partial charge in [0.25, 0.3) is 0 Å². The molecule has 0 radical (unpaired) electrons. The van der Waals surface area contributed by atoms with Crippen LogP contribution in [0.4, 0.5) is 30.4 Å². The molecule has 2 aromatic heterocycles. The molecule has 47 heavy (non-hydrogen) atoms. The minimum Gasteiger partial charge on any atom is -0.365 e. The number of aryl methyl sites for hydroxylation is 2. The SMILES string of the molecule is C=CC(=O)N1Cc2cc(CN3C[C@H]4CC(=O)N(c5cc(C(F)(F)F)cc(C)n5)[C@@H]4C(=O)N(C)c4cccc(C)c43)cnc2[C@H]1CC#N. The predicted octanol–water partition coefficient (Wildman–Crippen LogP) is 5.00. The molecule has 3 atom stereocenters. The van der Waals surface area contributed by atoms with E-state index in [9.17, 15) is 32.8 Å². The Hall–Kier alpha value is -5.25. The molecule has 0 aliphatic carbocycles. The third-order valence-corrected chi connectivity index (χ3v) is 9.08. The van der Waals surface area contributed by atoms with Crippen molar-refractivity contribution in [3.63, 3.8) is 0 Å². The number of hydrogen-bond acceptors (Lipinski definition) is 7. The molecule has 3 aromatic rings. The summed E-state index contributed by atoms with van der Waals surface area (Å²) in [4.78, 5) is 55.4. The van der Waals surface area contributed by atoms with Crippen molar-refractivity contribution in [1.29, 1.82) is 5.26 Å². The largest absolute Gasteiger partial charge is 0.416 e. The van der Waals surface area contributed by atoms with Gasteiger partial charge in [-0.2, -0.15) is 18.4 Å². The van der Waals surface area contributed by atoms with E-state index in [1.54, 1.807) is 24.2 Å². The van der Waals surface area contributed by atoms with E-state index in [4.69, 9.17) is 0 Å². The monoisotopic (exact) mass is 643 g/mol. The number of fused-ring (bicyclic) bond motifs is 3. The first-order valence-corrected chi connectivity index (χ1v) is 15.1. The van der Waals surface area contributed by atoms with Gasteiger partial charge < -0.3 is 14.7 Å². The zero-order chi connectivity index (χ0) is 33.8. The van der Waals surface area contributed by atoms with Crippen LogP contribution in [0.25, 0.3) is 0 Å². The van der Waals surface area contributed by atoms with Gasteiger partial charge in [0, 0.05) is 50.9 Å². The number of carbonyl (C=O) groups is 3. The number of nitriles is 1. The summed E-state index contributed by atoms with van der Waals surface area (Å²) in [6.07, 6.45) is -1.71. The molecule has 1 fully saturated rings. The number of alkyl halides is 3. The summed E-state index contributed by atoms with van der Waals surface area (Å²) in [6, 6.07) is 9.80. The van der Waals surface area contributed by atoms with Crippen LogP contribution in [0.15, 0.2) is 55.3 Å². The fourth-order valence-electron chi connectivity index (χ4n) is 7.03. The zero-order valence-electron chi connectivity index (χ0n) is 26.1. The number of likely N-dealkylation sites (N-methyl/N-ethyl adjacent to an activating group) is 1. The maximum Gasteiger partial charge on any atom is 0.416 e. The van der Waals surface area contributed by atoms with Crippen LogP contribution in [0.2, 0.25) is 0 Å². The highest BCUT2D eigenvalue weighted by atomic mass is 19.4. The van der Waals surface area contributed by atoms with Crippen LogP contribution in [-0.4, -0.2) is 52.2 Å². The number of amides is 3. The van der Waals surface area contributed by atoms with Gasteiger partial charge in [0.2, 0.25) is 17.7 Å². The molecule has 3 amide bonds. The van der Waals surface area contributed by atoms with Crippen LogP contribution in [0, 0.1) is 31.1 Å². The number of carbonyl (C=O) groups excluding carboxylic acids is 3. The van der Waals surface area contributed by atoms with Gasteiger partial charge in [-0.1, -0.05) is 18.7 Å². The standard InChI is InChI=1S/C34H32F3N7O3/c1-5-28(45)43-18-22-12-21(15-39-30(22)25(43)9-10-38)16-42-17-23-13-29(46)44(27-14-24(34(35,36)37)11-20(3)40-27)32(23)33(47)41(4)26-8-6-7-19(2)31(26)42/h5-8,11-12,14-15,23,25,32H,1,9,13,16-18H2,2-4H3/t23-,25-,32+/m1/s1. The molecule has 10 nitrogen and oxygen atoms in total. The second-order valence-corrected chi connectivity index (χ2v) is 12.2. The van der Waals surface area contributed by atoms with E-state index >= 15 is 0 Å². The Kier molecular flexibility index (Phi) is 7.99. The summed E-state index contributed by atoms with van der Waals surface area (Å²) < 4.78 is 41.2. The average molecular weight is 644 g/mol. The molecule has 5 heterocycles. The highest BCUT2D eigenvalue weighted by Gasteiger charge is 2.49. The Bertz CT molecular complexity index is 1850. The molecular weight excluding hydrogens is 611 g/mol. The quantitative estimate of drug-likeness (QED) is 0.360. The predicted molar refractivity (Wildman–Crippen MR) is 167 cm³/mol. The first kappa shape index (κ1) is 31.7. The van der Waals surface area contributed by atoms with Crippen molar-refractivity contribution in [1.82, 2.24) is 14.9 Å². The van der Waals surface area contributed by atoms with Crippen LogP contribution >= 0.6 is 0 Å². The van der Waals surface area contributed by atoms with Crippen LogP contribution in [0.3, 0.4) is 0 Å². The van der Waals surface area contributed by atoms with Gasteiger partial charge >= 0.3 is 6.18 Å². The van der Waals surface area contributed by atoms with Crippen LogP contribution in [0.5, 0.6) is 0 Å². The van der Waals surface area contributed by atoms with Gasteiger partial charge in [-0.05, 0) is 60.9 Å². The molecule has 0 N–H and O–H groups in total. The number of anilines is 3. The van der Waals surface area contributed by atoms with E-state index in [0.717, 1.165) is 39.4 Å². The lowest BCUT2D eigenvalue weighted by atomic mass is 9.94. The third kappa shape index (κ3) is 5.58. The number of halogens is 3. The first-order valence-electron chi connectivity index (χ1n) is 15.1. The summed E-state index contributed by atoms with van der Waals surface area (Å²) in [6.45, 7) is 7.78. The van der Waals surface area contributed by atoms with Crippen molar-refractivity contribution in [2.24, 2.45) is 5.92 Å². The van der Waals surface area contributed by atoms with Crippen LogP contribution in [-0.2, 0) is 33.6 Å². The second-order valence-electron chi connectivity index (χ2n) is 12.2. The zero-order valence-corrected chi connectivity index (χ0v) is 26.1. The third-order valence-electron chi connectivity index (χ3n) is 9.08. The number of para-hydroxylation sites is 1. The van der Waals surface area contributed by atoms with Crippen molar-refractivity contribution >= 4 is 34.9 Å². The molecule has 13 heteroatoms. The van der Waals surface area contributed by atoms with Crippen molar-refractivity contribution in [2.45, 2.75) is 58.0 Å². The Morgan fingerprint density at radius 3 is 2.66 bits per heavy atom. The van der Waals surface area contributed by atoms with E-state index in [2.05, 4.69) is 27.5 Å². The van der Waals surface area contributed by atoms with Gasteiger partial charge in [0.05, 0.1) is 41.2 Å². The second kappa shape index (κ2) is 11.8. The fourth-order valence-corrected chi connectivity index (χ4v) is 7.03. The van der Waals surface area contributed by atoms with Crippen molar-refractivity contribution in [3.8, 4) is 6.07 Å². The number of nitrogens with zero attached hydrogens (tertiary/aromatic N) is 7. The average Bonchev–Trinajstić information content (AvgIpc) is 3.54. The normalized spacial score (nSPS) is 20.7. The molecule has 6 rings (SSSR count). The Morgan fingerprint density at radius 1 is 1.19 bits per heavy atom. The van der Waals surface area contributed by atoms with E-state index < -0.39 is 41.6 Å². The van der Waals surface area contributed by atoms with Crippen LogP contribution in [0.1, 0.15) is 52.5 Å². The smallest absolute Gasteiger partial charge is 0.365 e. The minimum atomic E-state index is -4.66. The number of hydrogen-bond donors (Lipinski definition) is 0. The number of pyridine rings is 2.